The zero-order chi connectivity index (χ0) is 49.3. The molecule has 5 heterocycles. The van der Waals surface area contributed by atoms with Crippen LogP contribution in [0.5, 0.6) is 12.0 Å². The van der Waals surface area contributed by atoms with Crippen LogP contribution in [0, 0.1) is 10.8 Å². The quantitative estimate of drug-likeness (QED) is 0.167. The van der Waals surface area contributed by atoms with Crippen LogP contribution in [0.25, 0.3) is 0 Å². The fourth-order valence-corrected chi connectivity index (χ4v) is 5.52. The number of ether oxygens (including phenoxy) is 4. The lowest BCUT2D eigenvalue weighted by Crippen LogP contribution is -2.41. The number of rotatable bonds is 10. The zero-order valence-electron chi connectivity index (χ0n) is 42.5. The molecule has 16 nitrogen and oxygen atoms in total. The number of aromatic nitrogens is 4. The van der Waals surface area contributed by atoms with Crippen molar-refractivity contribution in [1.29, 1.82) is 0 Å². The maximum absolute atomic E-state index is 12.3. The van der Waals surface area contributed by atoms with E-state index < -0.39 is 54.4 Å². The Morgan fingerprint density at radius 3 is 1.05 bits per heavy atom. The maximum atomic E-state index is 12.3. The fourth-order valence-electron chi connectivity index (χ4n) is 5.32. The van der Waals surface area contributed by atoms with Crippen LogP contribution in [0.2, 0.25) is 0 Å². The Kier molecular flexibility index (Phi) is 16.8. The van der Waals surface area contributed by atoms with Crippen LogP contribution in [0.1, 0.15) is 152 Å². The van der Waals surface area contributed by atoms with Crippen molar-refractivity contribution in [3.63, 3.8) is 0 Å². The molecule has 0 bridgehead atoms. The molecule has 3 saturated heterocycles. The molecule has 64 heavy (non-hydrogen) atoms. The van der Waals surface area contributed by atoms with Crippen LogP contribution in [0.15, 0.2) is 29.3 Å². The summed E-state index contributed by atoms with van der Waals surface area (Å²) >= 11 is 3.24. The molecule has 3 fully saturated rings. The molecule has 0 N–H and O–H groups in total. The normalized spacial score (nSPS) is 20.6. The first-order valence-corrected chi connectivity index (χ1v) is 22.5. The van der Waals surface area contributed by atoms with Gasteiger partial charge >= 0.3 is 45.1 Å². The Morgan fingerprint density at radius 2 is 0.766 bits per heavy atom. The minimum absolute atomic E-state index is 0.109. The number of nitrogens with zero attached hydrogens (tertiary/aromatic N) is 4. The molecule has 20 heteroatoms. The Balaban J connectivity index is 0.000000263. The highest BCUT2D eigenvalue weighted by molar-refractivity contribution is 9.10. The van der Waals surface area contributed by atoms with E-state index in [9.17, 15) is 9.59 Å². The Morgan fingerprint density at radius 1 is 0.500 bits per heavy atom. The van der Waals surface area contributed by atoms with Gasteiger partial charge in [-0.05, 0) is 168 Å². The van der Waals surface area contributed by atoms with E-state index in [1.807, 2.05) is 125 Å². The molecule has 0 unspecified atom stereocenters. The van der Waals surface area contributed by atoms with Gasteiger partial charge in [0.25, 0.3) is 0 Å². The van der Waals surface area contributed by atoms with Gasteiger partial charge < -0.3 is 46.9 Å². The van der Waals surface area contributed by atoms with E-state index in [2.05, 4.69) is 35.9 Å². The largest absolute Gasteiger partial charge is 0.498 e. The summed E-state index contributed by atoms with van der Waals surface area (Å²) < 4.78 is 58.4. The molecule has 0 radical (unpaired) electrons. The van der Waals surface area contributed by atoms with Crippen molar-refractivity contribution < 1.29 is 56.5 Å². The summed E-state index contributed by atoms with van der Waals surface area (Å²) in [5.41, 5.74) is -4.21. The van der Waals surface area contributed by atoms with Gasteiger partial charge in [0.15, 0.2) is 0 Å². The number of esters is 2. The first-order valence-electron chi connectivity index (χ1n) is 21.7. The summed E-state index contributed by atoms with van der Waals surface area (Å²) in [7, 11) is -1.48. The summed E-state index contributed by atoms with van der Waals surface area (Å²) in [6, 6.07) is 0.423. The molecular weight excluding hydrogens is 889 g/mol. The summed E-state index contributed by atoms with van der Waals surface area (Å²) in [6.07, 6.45) is 6.40. The lowest BCUT2D eigenvalue weighted by molar-refractivity contribution is -0.168. The second-order valence-electron chi connectivity index (χ2n) is 22.7. The van der Waals surface area contributed by atoms with E-state index in [-0.39, 0.29) is 59.6 Å². The number of halogens is 1. The predicted molar refractivity (Wildman–Crippen MR) is 250 cm³/mol. The second-order valence-corrected chi connectivity index (χ2v) is 23.6. The molecule has 3 aliphatic heterocycles. The van der Waals surface area contributed by atoms with Gasteiger partial charge in [-0.25, -0.2) is 19.9 Å². The van der Waals surface area contributed by atoms with Crippen LogP contribution in [0.3, 0.4) is 0 Å². The van der Waals surface area contributed by atoms with Crippen LogP contribution in [-0.4, -0.2) is 111 Å². The van der Waals surface area contributed by atoms with Crippen molar-refractivity contribution in [3.05, 3.63) is 29.3 Å². The SMILES string of the molecule is CC(C)(C)OC(=O)C(C)(C)COc1ncc(B2OC(C)(C)C(C)(C)O2)cn1.CC(C)(C)OC(=O)C(C)(C)COc1ncc(Br)cn1.CC1(C)OB(B2OC(C)(C)C(C)(C)O2)OC1(C)C. The Hall–Kier alpha value is -2.87. The molecule has 0 atom stereocenters. The average Bonchev–Trinajstić information content (AvgIpc) is 3.59. The smallest absolute Gasteiger partial charge is 0.462 e. The monoisotopic (exact) mass is 962 g/mol. The van der Waals surface area contributed by atoms with Crippen molar-refractivity contribution in [2.45, 2.75) is 197 Å². The first kappa shape index (κ1) is 55.5. The molecule has 0 spiro atoms. The van der Waals surface area contributed by atoms with Crippen molar-refractivity contribution >= 4 is 54.5 Å². The van der Waals surface area contributed by atoms with E-state index in [4.69, 9.17) is 46.9 Å². The molecule has 3 aliphatic rings. The van der Waals surface area contributed by atoms with Crippen LogP contribution >= 0.6 is 15.9 Å². The molecule has 0 aliphatic carbocycles. The van der Waals surface area contributed by atoms with Gasteiger partial charge in [-0.2, -0.15) is 0 Å². The minimum atomic E-state index is -0.818. The number of carbonyl (C=O) groups is 2. The number of carbonyl (C=O) groups excluding carboxylic acids is 2. The van der Waals surface area contributed by atoms with Gasteiger partial charge in [0, 0.05) is 30.3 Å². The minimum Gasteiger partial charge on any atom is -0.462 e. The van der Waals surface area contributed by atoms with Crippen LogP contribution < -0.4 is 14.9 Å². The molecule has 2 aromatic rings. The van der Waals surface area contributed by atoms with E-state index in [0.29, 0.717) is 5.46 Å². The molecule has 0 saturated carbocycles. The maximum Gasteiger partial charge on any atom is 0.498 e. The zero-order valence-corrected chi connectivity index (χ0v) is 44.1. The van der Waals surface area contributed by atoms with E-state index in [0.717, 1.165) is 4.47 Å². The summed E-state index contributed by atoms with van der Waals surface area (Å²) in [4.78, 5) is 40.7. The van der Waals surface area contributed by atoms with E-state index >= 15 is 0 Å². The highest BCUT2D eigenvalue weighted by Gasteiger charge is 2.63. The fraction of sp³-hybridized carbons (Fsp3) is 0.773. The Labute approximate surface area is 391 Å². The predicted octanol–water partition coefficient (Wildman–Crippen LogP) is 7.76. The number of hydrogen-bond donors (Lipinski definition) is 0. The molecule has 5 rings (SSSR count). The lowest BCUT2D eigenvalue weighted by Gasteiger charge is -2.32. The third-order valence-electron chi connectivity index (χ3n) is 11.6. The van der Waals surface area contributed by atoms with Gasteiger partial charge in [-0.1, -0.05) is 0 Å². The molecule has 358 valence electrons. The molecule has 0 amide bonds. The summed E-state index contributed by atoms with van der Waals surface area (Å²) in [6.45, 7) is 42.5. The molecule has 0 aromatic carbocycles. The summed E-state index contributed by atoms with van der Waals surface area (Å²) in [5, 5.41) is 0. The van der Waals surface area contributed by atoms with Gasteiger partial charge in [0.05, 0.1) is 48.9 Å². The van der Waals surface area contributed by atoms with Crippen molar-refractivity contribution in [1.82, 2.24) is 19.9 Å². The standard InChI is InChI=1S/C19H31BN2O5.C13H19BrN2O3.C12H24B2O4/c1-16(2,3)25-14(23)17(4,5)12-24-15-21-10-13(11-22-15)20-26-18(6,7)19(8,9)27-20;1-12(2,3)19-10(17)13(4,5)8-18-11-15-6-9(14)7-16-11;1-9(2)10(3,4)16-13(15-9)14-17-11(5,6)12(7,8)18-14/h10-11H,12H2,1-9H3;6-7H,8H2,1-5H3;1-8H3. The van der Waals surface area contributed by atoms with Crippen molar-refractivity contribution in [2.24, 2.45) is 10.8 Å². The Bertz CT molecular complexity index is 1820. The number of hydrogen-bond acceptors (Lipinski definition) is 16. The third-order valence-corrected chi connectivity index (χ3v) is 12.0. The van der Waals surface area contributed by atoms with E-state index in [1.165, 1.54) is 0 Å². The highest BCUT2D eigenvalue weighted by Crippen LogP contribution is 2.43. The van der Waals surface area contributed by atoms with Crippen molar-refractivity contribution in [3.8, 4) is 12.0 Å². The van der Waals surface area contributed by atoms with Crippen molar-refractivity contribution in [2.75, 3.05) is 13.2 Å². The summed E-state index contributed by atoms with van der Waals surface area (Å²) in [5.74, 6) is -0.638. The first-order chi connectivity index (χ1) is 28.6. The lowest BCUT2D eigenvalue weighted by atomic mass is 9.49. The highest BCUT2D eigenvalue weighted by atomic mass is 79.9. The second kappa shape index (κ2) is 19.4. The average molecular weight is 963 g/mol. The molecular formula is C44H74B3BrN4O12. The van der Waals surface area contributed by atoms with E-state index in [1.54, 1.807) is 52.5 Å². The van der Waals surface area contributed by atoms with Crippen LogP contribution in [-0.2, 0) is 47.0 Å². The van der Waals surface area contributed by atoms with Gasteiger partial charge in [-0.3, -0.25) is 9.59 Å². The third kappa shape index (κ3) is 14.8. The van der Waals surface area contributed by atoms with Gasteiger partial charge in [-0.15, -0.1) is 0 Å². The van der Waals surface area contributed by atoms with Gasteiger partial charge in [0.1, 0.15) is 24.4 Å². The molecule has 2 aromatic heterocycles. The topological polar surface area (TPSA) is 178 Å². The van der Waals surface area contributed by atoms with Gasteiger partial charge in [0.2, 0.25) is 0 Å². The van der Waals surface area contributed by atoms with Crippen LogP contribution in [0.4, 0.5) is 0 Å².